The van der Waals surface area contributed by atoms with Crippen LogP contribution < -0.4 is 5.73 Å². The van der Waals surface area contributed by atoms with E-state index in [0.717, 1.165) is 0 Å². The number of nitrogens with two attached hydrogens (primary N) is 1. The highest BCUT2D eigenvalue weighted by Crippen LogP contribution is 2.39. The molecule has 7 unspecified atom stereocenters. The lowest BCUT2D eigenvalue weighted by atomic mass is 9.91. The number of aliphatic hydroxyl groups is 14. The average Bonchev–Trinajstić information content (AvgIpc) is 3.22. The third-order valence-electron chi connectivity index (χ3n) is 10.9. The van der Waals surface area contributed by atoms with E-state index in [9.17, 15) is 81.4 Å². The van der Waals surface area contributed by atoms with Crippen LogP contribution in [0, 0.1) is 5.92 Å². The second-order valence-electron chi connectivity index (χ2n) is 15.1. The van der Waals surface area contributed by atoms with Crippen LogP contribution in [-0.2, 0) is 42.7 Å². The molecular weight excluding hydrogens is 806 g/mol. The standard InChI is InChI=1S/C34H61NO24/c1-12-18(44)19(45)17(11-39)53-30(12)58-29-21(47)20(46)24(14(41)8-36)55-32(29)57-28-22(48)25(15(42)9-37)54-31(23(28)49)56-26-13(40)7-34(33(50)51,52-6-4-2-3-5-35)59-27(26)16(43)10-38/h12-32,36-49H,2-11,35H2,1H3,(H,50,51)/t12-,13-,14+,15+,16-,17?,18?,19-,20+,21?,22-,23?,24+,25?,26-,27?,28+,29?,30-,31-,32-,34-/m1/s1. The Labute approximate surface area is 337 Å². The lowest BCUT2D eigenvalue weighted by molar-refractivity contribution is -0.400. The molecule has 4 aliphatic heterocycles. The molecule has 346 valence electrons. The zero-order chi connectivity index (χ0) is 43.9. The van der Waals surface area contributed by atoms with Crippen LogP contribution in [0.25, 0.3) is 0 Å². The lowest BCUT2D eigenvalue weighted by Gasteiger charge is -2.51. The van der Waals surface area contributed by atoms with Gasteiger partial charge in [-0.15, -0.1) is 0 Å². The highest BCUT2D eigenvalue weighted by Gasteiger charge is 2.59. The number of carboxylic acids is 1. The van der Waals surface area contributed by atoms with Crippen LogP contribution in [-0.4, -0.2) is 251 Å². The molecule has 0 amide bonds. The Hall–Kier alpha value is -1.45. The van der Waals surface area contributed by atoms with Gasteiger partial charge in [0.05, 0.1) is 45.2 Å². The first-order valence-electron chi connectivity index (χ1n) is 19.3. The van der Waals surface area contributed by atoms with Crippen molar-refractivity contribution in [2.24, 2.45) is 11.7 Å². The van der Waals surface area contributed by atoms with Crippen molar-refractivity contribution < 1.29 is 119 Å². The van der Waals surface area contributed by atoms with Gasteiger partial charge >= 0.3 is 5.97 Å². The molecule has 0 aromatic carbocycles. The molecule has 25 heteroatoms. The van der Waals surface area contributed by atoms with Gasteiger partial charge in [-0.3, -0.25) is 0 Å². The monoisotopic (exact) mass is 867 g/mol. The maximum absolute atomic E-state index is 12.5. The Morgan fingerprint density at radius 2 is 1.22 bits per heavy atom. The first-order chi connectivity index (χ1) is 27.9. The van der Waals surface area contributed by atoms with Crippen molar-refractivity contribution in [2.75, 3.05) is 39.6 Å². The van der Waals surface area contributed by atoms with E-state index in [1.807, 2.05) is 0 Å². The molecule has 0 saturated carbocycles. The summed E-state index contributed by atoms with van der Waals surface area (Å²) in [5.41, 5.74) is 5.50. The van der Waals surface area contributed by atoms with Gasteiger partial charge in [0, 0.05) is 12.3 Å². The van der Waals surface area contributed by atoms with Gasteiger partial charge in [0.25, 0.3) is 5.79 Å². The van der Waals surface area contributed by atoms with Crippen molar-refractivity contribution in [3.8, 4) is 0 Å². The summed E-state index contributed by atoms with van der Waals surface area (Å²) in [5, 5.41) is 158. The van der Waals surface area contributed by atoms with Crippen molar-refractivity contribution in [3.63, 3.8) is 0 Å². The van der Waals surface area contributed by atoms with Gasteiger partial charge in [-0.1, -0.05) is 6.92 Å². The summed E-state index contributed by atoms with van der Waals surface area (Å²) in [4.78, 5) is 12.5. The van der Waals surface area contributed by atoms with Gasteiger partial charge in [0.2, 0.25) is 0 Å². The van der Waals surface area contributed by atoms with E-state index < -0.39 is 173 Å². The van der Waals surface area contributed by atoms with Crippen LogP contribution in [0.15, 0.2) is 0 Å². The molecule has 0 aromatic heterocycles. The Kier molecular flexibility index (Phi) is 18.9. The first-order valence-corrected chi connectivity index (χ1v) is 19.3. The maximum Gasteiger partial charge on any atom is 0.364 e. The zero-order valence-electron chi connectivity index (χ0n) is 32.2. The number of aliphatic hydroxyl groups excluding tert-OH is 14. The molecular formula is C34H61NO24. The van der Waals surface area contributed by atoms with Gasteiger partial charge in [0.15, 0.2) is 18.9 Å². The van der Waals surface area contributed by atoms with Crippen molar-refractivity contribution in [3.05, 3.63) is 0 Å². The number of hydrogen-bond acceptors (Lipinski definition) is 24. The predicted molar refractivity (Wildman–Crippen MR) is 187 cm³/mol. The summed E-state index contributed by atoms with van der Waals surface area (Å²) < 4.78 is 45.7. The third-order valence-corrected chi connectivity index (χ3v) is 10.9. The van der Waals surface area contributed by atoms with Gasteiger partial charge in [-0.2, -0.15) is 0 Å². The van der Waals surface area contributed by atoms with Gasteiger partial charge < -0.3 is 120 Å². The van der Waals surface area contributed by atoms with Crippen molar-refractivity contribution in [1.82, 2.24) is 0 Å². The molecule has 0 aromatic rings. The van der Waals surface area contributed by atoms with E-state index in [4.69, 9.17) is 43.6 Å². The minimum Gasteiger partial charge on any atom is -0.477 e. The summed E-state index contributed by atoms with van der Waals surface area (Å²) in [7, 11) is 0. The molecule has 22 atom stereocenters. The molecule has 0 aliphatic carbocycles. The molecule has 59 heavy (non-hydrogen) atoms. The summed E-state index contributed by atoms with van der Waals surface area (Å²) in [5.74, 6) is -5.36. The lowest BCUT2D eigenvalue weighted by Crippen LogP contribution is -2.69. The SMILES string of the molecule is C[C@@H]1C(O)[C@H](O)C(CO)O[C@@H]1OC1C(O)[C@H](O)[C@H]([C@@H](O)CO)O[C@@H]1O[C@@H]1C(O)[C@@H](O[C@H]2C([C@H](O)CO)O[C@@](OCCCCCN)(C(=O)O)C[C@H]2O)OC([C@@H](O)CO)[C@H]1O. The average molecular weight is 868 g/mol. The largest absolute Gasteiger partial charge is 0.477 e. The van der Waals surface area contributed by atoms with E-state index in [1.165, 1.54) is 6.92 Å². The van der Waals surface area contributed by atoms with Crippen LogP contribution in [0.5, 0.6) is 0 Å². The van der Waals surface area contributed by atoms with Crippen molar-refractivity contribution >= 4 is 5.97 Å². The Bertz CT molecular complexity index is 1270. The zero-order valence-corrected chi connectivity index (χ0v) is 32.2. The number of ether oxygens (including phenoxy) is 8. The number of hydrogen-bond donors (Lipinski definition) is 16. The first kappa shape index (κ1) is 50.2. The fraction of sp³-hybridized carbons (Fsp3) is 0.971. The van der Waals surface area contributed by atoms with E-state index >= 15 is 0 Å². The number of rotatable bonds is 20. The smallest absolute Gasteiger partial charge is 0.364 e. The minimum atomic E-state index is -2.56. The van der Waals surface area contributed by atoms with Gasteiger partial charge in [-0.05, 0) is 25.8 Å². The normalized spacial score (nSPS) is 44.8. The maximum atomic E-state index is 12.5. The summed E-state index contributed by atoms with van der Waals surface area (Å²) in [6.07, 6.45) is -37.4. The quantitative estimate of drug-likeness (QED) is 0.0505. The molecule has 4 heterocycles. The molecule has 0 radical (unpaired) electrons. The number of carboxylic acid groups (broad SMARTS) is 1. The summed E-state index contributed by atoms with van der Waals surface area (Å²) in [6.45, 7) is -2.40. The van der Waals surface area contributed by atoms with Crippen LogP contribution in [0.3, 0.4) is 0 Å². The van der Waals surface area contributed by atoms with E-state index in [2.05, 4.69) is 0 Å². The highest BCUT2D eigenvalue weighted by molar-refractivity contribution is 5.76. The van der Waals surface area contributed by atoms with Crippen LogP contribution >= 0.6 is 0 Å². The van der Waals surface area contributed by atoms with E-state index in [-0.39, 0.29) is 6.61 Å². The van der Waals surface area contributed by atoms with Crippen molar-refractivity contribution in [2.45, 2.75) is 161 Å². The Balaban J connectivity index is 1.66. The van der Waals surface area contributed by atoms with Crippen LogP contribution in [0.2, 0.25) is 0 Å². The van der Waals surface area contributed by atoms with Crippen molar-refractivity contribution in [1.29, 1.82) is 0 Å². The molecule has 4 saturated heterocycles. The molecule has 0 bridgehead atoms. The number of aliphatic carboxylic acids is 1. The Morgan fingerprint density at radius 1 is 0.661 bits per heavy atom. The second kappa shape index (κ2) is 22.3. The molecule has 4 fully saturated rings. The molecule has 17 N–H and O–H groups in total. The number of unbranched alkanes of at least 4 members (excludes halogenated alkanes) is 2. The molecule has 4 aliphatic rings. The van der Waals surface area contributed by atoms with E-state index in [1.54, 1.807) is 0 Å². The van der Waals surface area contributed by atoms with Crippen LogP contribution in [0.4, 0.5) is 0 Å². The second-order valence-corrected chi connectivity index (χ2v) is 15.1. The Morgan fingerprint density at radius 3 is 1.80 bits per heavy atom. The number of carbonyl (C=O) groups is 1. The fourth-order valence-electron chi connectivity index (χ4n) is 7.40. The fourth-order valence-corrected chi connectivity index (χ4v) is 7.40. The van der Waals surface area contributed by atoms with Gasteiger partial charge in [-0.25, -0.2) is 4.79 Å². The third kappa shape index (κ3) is 11.2. The van der Waals surface area contributed by atoms with Gasteiger partial charge in [0.1, 0.15) is 91.6 Å². The molecule has 0 spiro atoms. The highest BCUT2D eigenvalue weighted by atomic mass is 16.8. The van der Waals surface area contributed by atoms with Crippen LogP contribution in [0.1, 0.15) is 32.6 Å². The minimum absolute atomic E-state index is 0.180. The topological polar surface area (TPSA) is 420 Å². The molecule has 25 nitrogen and oxygen atoms in total. The molecule has 4 rings (SSSR count). The summed E-state index contributed by atoms with van der Waals surface area (Å²) >= 11 is 0. The van der Waals surface area contributed by atoms with E-state index in [0.29, 0.717) is 25.8 Å². The predicted octanol–water partition coefficient (Wildman–Crippen LogP) is -8.75. The summed E-state index contributed by atoms with van der Waals surface area (Å²) in [6, 6.07) is 0.